The number of hydrogen-bond donors (Lipinski definition) is 0. The topological polar surface area (TPSA) is 210 Å². The maximum Gasteiger partial charge on any atom is 2.00 e. The molecule has 14 nitrogen and oxygen atoms in total. The van der Waals surface area contributed by atoms with E-state index in [9.17, 15) is 0 Å². The standard InChI is InChI=1S/3C12H8N2.Fe.2NO3/c3*1-3-9-5-6-10-4-2-8-14-12(10)11(9)13-7-1;;2*2-1(3)4/h3*1-8H;;;/q;;;+2;2*-1. The first-order valence-corrected chi connectivity index (χ1v) is 14.7. The molecule has 0 saturated heterocycles. The molecule has 0 amide bonds. The predicted molar refractivity (Wildman–Crippen MR) is 192 cm³/mol. The summed E-state index contributed by atoms with van der Waals surface area (Å²) >= 11 is 0. The van der Waals surface area contributed by atoms with Crippen molar-refractivity contribution in [1.82, 2.24) is 29.9 Å². The predicted octanol–water partition coefficient (Wildman–Crippen LogP) is 7.87. The number of benzene rings is 3. The molecule has 51 heavy (non-hydrogen) atoms. The molecule has 9 rings (SSSR count). The van der Waals surface area contributed by atoms with Gasteiger partial charge in [-0.25, -0.2) is 0 Å². The average molecular weight is 720 g/mol. The van der Waals surface area contributed by atoms with Crippen LogP contribution in [0.4, 0.5) is 0 Å². The van der Waals surface area contributed by atoms with Gasteiger partial charge in [0.1, 0.15) is 0 Å². The fourth-order valence-electron chi connectivity index (χ4n) is 5.04. The molecule has 6 aromatic heterocycles. The Morgan fingerprint density at radius 3 is 0.588 bits per heavy atom. The van der Waals surface area contributed by atoms with Crippen LogP contribution in [0.1, 0.15) is 0 Å². The van der Waals surface area contributed by atoms with Gasteiger partial charge < -0.3 is 30.6 Å². The summed E-state index contributed by atoms with van der Waals surface area (Å²) in [4.78, 5) is 42.6. The summed E-state index contributed by atoms with van der Waals surface area (Å²) < 4.78 is 0. The van der Waals surface area contributed by atoms with Crippen molar-refractivity contribution < 1.29 is 27.2 Å². The van der Waals surface area contributed by atoms with Crippen molar-refractivity contribution >= 4 is 65.4 Å². The van der Waals surface area contributed by atoms with Crippen molar-refractivity contribution in [2.24, 2.45) is 0 Å². The summed E-state index contributed by atoms with van der Waals surface area (Å²) in [5.74, 6) is 0. The number of hydrogen-bond acceptors (Lipinski definition) is 12. The molecule has 0 fully saturated rings. The van der Waals surface area contributed by atoms with Gasteiger partial charge in [0, 0.05) is 69.5 Å². The second-order valence-electron chi connectivity index (χ2n) is 10.1. The molecular weight excluding hydrogens is 696 g/mol. The van der Waals surface area contributed by atoms with Crippen LogP contribution in [0.3, 0.4) is 0 Å². The van der Waals surface area contributed by atoms with Gasteiger partial charge in [0.15, 0.2) is 0 Å². The summed E-state index contributed by atoms with van der Waals surface area (Å²) in [6, 6.07) is 36.4. The minimum Gasteiger partial charge on any atom is -0.356 e. The number of rotatable bonds is 0. The Balaban J connectivity index is 0.000000154. The van der Waals surface area contributed by atoms with Gasteiger partial charge >= 0.3 is 17.1 Å². The quantitative estimate of drug-likeness (QED) is 0.0634. The summed E-state index contributed by atoms with van der Waals surface area (Å²) in [7, 11) is 0. The van der Waals surface area contributed by atoms with E-state index in [-0.39, 0.29) is 17.1 Å². The maximum atomic E-state index is 8.25. The third-order valence-electron chi connectivity index (χ3n) is 7.03. The molecule has 9 aromatic rings. The van der Waals surface area contributed by atoms with Gasteiger partial charge in [0.25, 0.3) is 0 Å². The van der Waals surface area contributed by atoms with E-state index in [1.54, 1.807) is 37.2 Å². The fourth-order valence-corrected chi connectivity index (χ4v) is 5.04. The molecule has 0 aliphatic carbocycles. The van der Waals surface area contributed by atoms with Crippen LogP contribution in [-0.4, -0.2) is 40.1 Å². The smallest absolute Gasteiger partial charge is 0.356 e. The molecule has 0 aliphatic heterocycles. The summed E-state index contributed by atoms with van der Waals surface area (Å²) in [6.07, 6.45) is 10.8. The third kappa shape index (κ3) is 9.79. The van der Waals surface area contributed by atoms with Crippen LogP contribution in [0.2, 0.25) is 0 Å². The van der Waals surface area contributed by atoms with E-state index >= 15 is 0 Å². The van der Waals surface area contributed by atoms with E-state index < -0.39 is 10.2 Å². The SMILES string of the molecule is O=[N+]([O-])[O-].O=[N+]([O-])[O-].[Fe+2].c1cnc2c(c1)ccc1cccnc12.c1cnc2c(c1)ccc1cccnc12.c1cnc2c(c1)ccc1cccnc12. The zero-order valence-electron chi connectivity index (χ0n) is 26.2. The van der Waals surface area contributed by atoms with Crippen LogP contribution >= 0.6 is 0 Å². The normalized spacial score (nSPS) is 9.88. The van der Waals surface area contributed by atoms with E-state index in [4.69, 9.17) is 30.6 Å². The number of fused-ring (bicyclic) bond motifs is 9. The van der Waals surface area contributed by atoms with Gasteiger partial charge in [-0.1, -0.05) is 72.8 Å². The Kier molecular flexibility index (Phi) is 13.0. The number of nitrogens with zero attached hydrogens (tertiary/aromatic N) is 8. The summed E-state index contributed by atoms with van der Waals surface area (Å²) in [5.41, 5.74) is 5.86. The van der Waals surface area contributed by atoms with E-state index in [0.717, 1.165) is 65.4 Å². The Labute approximate surface area is 298 Å². The Morgan fingerprint density at radius 1 is 0.314 bits per heavy atom. The Bertz CT molecular complexity index is 2130. The van der Waals surface area contributed by atoms with Crippen LogP contribution in [0.15, 0.2) is 146 Å². The minimum atomic E-state index is -1.75. The molecule has 0 radical (unpaired) electrons. The van der Waals surface area contributed by atoms with E-state index in [1.807, 2.05) is 36.4 Å². The molecular formula is C36H24FeN8O6. The molecule has 3 aromatic carbocycles. The molecule has 0 atom stereocenters. The van der Waals surface area contributed by atoms with E-state index in [1.165, 1.54) is 0 Å². The van der Waals surface area contributed by atoms with Crippen molar-refractivity contribution in [3.8, 4) is 0 Å². The van der Waals surface area contributed by atoms with Gasteiger partial charge in [-0.05, 0) is 36.4 Å². The molecule has 0 aliphatic rings. The average Bonchev–Trinajstić information content (AvgIpc) is 3.15. The summed E-state index contributed by atoms with van der Waals surface area (Å²) in [6.45, 7) is 0. The largest absolute Gasteiger partial charge is 2.00 e. The monoisotopic (exact) mass is 720 g/mol. The Hall–Kier alpha value is -6.96. The van der Waals surface area contributed by atoms with E-state index in [2.05, 4.69) is 103 Å². The van der Waals surface area contributed by atoms with Crippen molar-refractivity contribution in [1.29, 1.82) is 0 Å². The van der Waals surface area contributed by atoms with Crippen LogP contribution < -0.4 is 0 Å². The van der Waals surface area contributed by atoms with Gasteiger partial charge in [0.05, 0.1) is 43.3 Å². The van der Waals surface area contributed by atoms with Gasteiger partial charge in [0.2, 0.25) is 0 Å². The zero-order valence-corrected chi connectivity index (χ0v) is 27.3. The first kappa shape index (κ1) is 36.9. The molecule has 0 spiro atoms. The molecule has 0 bridgehead atoms. The molecule has 252 valence electrons. The van der Waals surface area contributed by atoms with Crippen molar-refractivity contribution in [3.63, 3.8) is 0 Å². The second-order valence-corrected chi connectivity index (χ2v) is 10.1. The van der Waals surface area contributed by atoms with Crippen LogP contribution in [0.5, 0.6) is 0 Å². The first-order chi connectivity index (χ1) is 24.3. The molecule has 0 unspecified atom stereocenters. The third-order valence-corrected chi connectivity index (χ3v) is 7.03. The van der Waals surface area contributed by atoms with E-state index in [0.29, 0.717) is 0 Å². The number of pyridine rings is 6. The molecule has 15 heteroatoms. The summed E-state index contributed by atoms with van der Waals surface area (Å²) in [5, 5.41) is 36.3. The van der Waals surface area contributed by atoms with Crippen molar-refractivity contribution in [3.05, 3.63) is 177 Å². The fraction of sp³-hybridized carbons (Fsp3) is 0. The molecule has 6 heterocycles. The zero-order chi connectivity index (χ0) is 35.3. The van der Waals surface area contributed by atoms with Gasteiger partial charge in [-0.15, -0.1) is 0 Å². The first-order valence-electron chi connectivity index (χ1n) is 14.7. The van der Waals surface area contributed by atoms with Crippen molar-refractivity contribution in [2.45, 2.75) is 0 Å². The van der Waals surface area contributed by atoms with Gasteiger partial charge in [-0.2, -0.15) is 0 Å². The van der Waals surface area contributed by atoms with Crippen LogP contribution in [0, 0.1) is 30.6 Å². The molecule has 0 N–H and O–H groups in total. The van der Waals surface area contributed by atoms with Crippen LogP contribution in [-0.2, 0) is 17.1 Å². The van der Waals surface area contributed by atoms with Gasteiger partial charge in [-0.3, -0.25) is 29.9 Å². The second kappa shape index (κ2) is 18.0. The molecule has 0 saturated carbocycles. The van der Waals surface area contributed by atoms with Crippen LogP contribution in [0.25, 0.3) is 65.4 Å². The minimum absolute atomic E-state index is 0. The van der Waals surface area contributed by atoms with Crippen molar-refractivity contribution in [2.75, 3.05) is 0 Å². The number of aromatic nitrogens is 6. The Morgan fingerprint density at radius 2 is 0.451 bits per heavy atom. The maximum absolute atomic E-state index is 8.25.